The van der Waals surface area contributed by atoms with Gasteiger partial charge in [0, 0.05) is 16.8 Å². The molecular formula is C30H40N2O4S. The van der Waals surface area contributed by atoms with Gasteiger partial charge in [0.25, 0.3) is 0 Å². The molecule has 4 aliphatic carbocycles. The van der Waals surface area contributed by atoms with Crippen molar-refractivity contribution in [3.05, 3.63) is 39.9 Å². The first-order valence-corrected chi connectivity index (χ1v) is 14.5. The third-order valence-electron chi connectivity index (χ3n) is 10.3. The van der Waals surface area contributed by atoms with E-state index in [0.717, 1.165) is 48.2 Å². The molecule has 1 aromatic heterocycles. The van der Waals surface area contributed by atoms with Crippen molar-refractivity contribution in [1.29, 1.82) is 0 Å². The Kier molecular flexibility index (Phi) is 6.22. The van der Waals surface area contributed by atoms with E-state index in [1.165, 1.54) is 29.8 Å². The smallest absolute Gasteiger partial charge is 0.203 e. The van der Waals surface area contributed by atoms with Gasteiger partial charge in [0.15, 0.2) is 16.6 Å². The molecule has 3 unspecified atom stereocenters. The van der Waals surface area contributed by atoms with Crippen molar-refractivity contribution >= 4 is 16.5 Å². The minimum atomic E-state index is -0.140. The molecule has 2 fully saturated rings. The summed E-state index contributed by atoms with van der Waals surface area (Å²) in [7, 11) is 4.92. The molecule has 4 aliphatic rings. The maximum atomic E-state index is 10.3. The number of fused-ring (bicyclic) bond motifs is 7. The quantitative estimate of drug-likeness (QED) is 0.444. The molecule has 2 aromatic rings. The number of benzene rings is 1. The Hall–Kier alpha value is -2.25. The van der Waals surface area contributed by atoms with Crippen molar-refractivity contribution in [1.82, 2.24) is 4.98 Å². The van der Waals surface area contributed by atoms with Gasteiger partial charge in [-0.15, -0.1) is 11.3 Å². The number of aliphatic hydroxyl groups is 1. The lowest BCUT2D eigenvalue weighted by molar-refractivity contribution is -0.0169. The highest BCUT2D eigenvalue weighted by Crippen LogP contribution is 2.64. The Balaban J connectivity index is 1.20. The monoisotopic (exact) mass is 524 g/mol. The van der Waals surface area contributed by atoms with Gasteiger partial charge in [-0.2, -0.15) is 0 Å². The molecule has 7 heteroatoms. The Morgan fingerprint density at radius 3 is 2.43 bits per heavy atom. The largest absolute Gasteiger partial charge is 0.493 e. The summed E-state index contributed by atoms with van der Waals surface area (Å²) in [6, 6.07) is 3.98. The van der Waals surface area contributed by atoms with Crippen LogP contribution in [-0.4, -0.2) is 37.5 Å². The molecule has 0 spiro atoms. The first-order valence-electron chi connectivity index (χ1n) is 13.7. The molecule has 2 saturated carbocycles. The van der Waals surface area contributed by atoms with Crippen LogP contribution >= 0.6 is 11.3 Å². The lowest BCUT2D eigenvalue weighted by atomic mass is 9.48. The number of hydrogen-bond donors (Lipinski definition) is 2. The molecule has 0 saturated heterocycles. The summed E-state index contributed by atoms with van der Waals surface area (Å²) in [6.07, 6.45) is 10.2. The fourth-order valence-corrected chi connectivity index (χ4v) is 9.41. The van der Waals surface area contributed by atoms with Crippen molar-refractivity contribution in [2.45, 2.75) is 76.9 Å². The number of allylic oxidation sites excluding steroid dienone is 1. The van der Waals surface area contributed by atoms with Crippen LogP contribution in [0.25, 0.3) is 0 Å². The number of thiazole rings is 1. The number of rotatable bonds is 6. The number of anilines is 1. The lowest BCUT2D eigenvalue weighted by Gasteiger charge is -2.57. The predicted octanol–water partition coefficient (Wildman–Crippen LogP) is 6.12. The fourth-order valence-electron chi connectivity index (χ4n) is 8.26. The molecule has 1 aromatic carbocycles. The summed E-state index contributed by atoms with van der Waals surface area (Å²) in [5.74, 6) is 4.08. The number of nitrogens with one attached hydrogen (secondary N) is 1. The van der Waals surface area contributed by atoms with Crippen LogP contribution in [0.5, 0.6) is 17.2 Å². The maximum Gasteiger partial charge on any atom is 0.203 e. The van der Waals surface area contributed by atoms with Gasteiger partial charge in [-0.1, -0.05) is 25.5 Å². The molecule has 0 bridgehead atoms. The number of aliphatic hydroxyl groups excluding tert-OH is 1. The molecule has 200 valence electrons. The van der Waals surface area contributed by atoms with Crippen LogP contribution in [0.2, 0.25) is 0 Å². The minimum absolute atomic E-state index is 0.140. The van der Waals surface area contributed by atoms with Crippen molar-refractivity contribution in [3.8, 4) is 17.2 Å². The van der Waals surface area contributed by atoms with Gasteiger partial charge < -0.3 is 24.6 Å². The molecule has 2 N–H and O–H groups in total. The van der Waals surface area contributed by atoms with Crippen LogP contribution in [-0.2, 0) is 18.4 Å². The summed E-state index contributed by atoms with van der Waals surface area (Å²) in [6.45, 7) is 5.62. The van der Waals surface area contributed by atoms with Gasteiger partial charge in [0.05, 0.1) is 33.1 Å². The second-order valence-electron chi connectivity index (χ2n) is 12.0. The minimum Gasteiger partial charge on any atom is -0.493 e. The molecule has 0 aliphatic heterocycles. The third-order valence-corrected chi connectivity index (χ3v) is 11.3. The standard InChI is InChI=1S/C30H40N2O4S/c1-29-10-8-19(33)14-18(29)6-7-20-21(29)9-11-30(2)22(20)15-25-27(30)32-28(37-25)31-16-17-12-23(34-3)26(36-5)24(13-17)35-4/h6,12-13,19-22,33H,7-11,14-16H2,1-5H3,(H,31,32)/t19-,20?,21?,22?,29-,30-/m0/s1. The zero-order valence-electron chi connectivity index (χ0n) is 22.7. The van der Waals surface area contributed by atoms with Gasteiger partial charge in [-0.05, 0) is 85.8 Å². The highest BCUT2D eigenvalue weighted by molar-refractivity contribution is 7.15. The van der Waals surface area contributed by atoms with E-state index < -0.39 is 0 Å². The van der Waals surface area contributed by atoms with Crippen LogP contribution in [0.1, 0.15) is 68.5 Å². The molecule has 37 heavy (non-hydrogen) atoms. The van der Waals surface area contributed by atoms with Crippen LogP contribution < -0.4 is 19.5 Å². The van der Waals surface area contributed by atoms with Gasteiger partial charge in [-0.3, -0.25) is 0 Å². The summed E-state index contributed by atoms with van der Waals surface area (Å²) in [4.78, 5) is 6.67. The lowest BCUT2D eigenvalue weighted by Crippen LogP contribution is -2.51. The molecule has 1 heterocycles. The van der Waals surface area contributed by atoms with Crippen molar-refractivity contribution in [2.24, 2.45) is 23.2 Å². The number of aromatic nitrogens is 1. The Labute approximate surface area is 224 Å². The average molecular weight is 525 g/mol. The number of nitrogens with zero attached hydrogens (tertiary/aromatic N) is 1. The summed E-state index contributed by atoms with van der Waals surface area (Å²) < 4.78 is 16.5. The van der Waals surface area contributed by atoms with Gasteiger partial charge >= 0.3 is 0 Å². The van der Waals surface area contributed by atoms with Gasteiger partial charge in [0.2, 0.25) is 5.75 Å². The topological polar surface area (TPSA) is 72.8 Å². The van der Waals surface area contributed by atoms with Crippen molar-refractivity contribution < 1.29 is 19.3 Å². The molecule has 0 radical (unpaired) electrons. The van der Waals surface area contributed by atoms with E-state index in [1.54, 1.807) is 26.9 Å². The van der Waals surface area contributed by atoms with Crippen LogP contribution in [0.15, 0.2) is 23.8 Å². The average Bonchev–Trinajstić information content (AvgIpc) is 3.43. The molecule has 6 atom stereocenters. The second-order valence-corrected chi connectivity index (χ2v) is 13.1. The van der Waals surface area contributed by atoms with E-state index in [9.17, 15) is 5.11 Å². The van der Waals surface area contributed by atoms with Gasteiger partial charge in [0.1, 0.15) is 0 Å². The Morgan fingerprint density at radius 1 is 1.00 bits per heavy atom. The molecule has 6 rings (SSSR count). The van der Waals surface area contributed by atoms with E-state index in [-0.39, 0.29) is 16.9 Å². The fraction of sp³-hybridized carbons (Fsp3) is 0.633. The van der Waals surface area contributed by atoms with Crippen LogP contribution in [0.4, 0.5) is 5.13 Å². The van der Waals surface area contributed by atoms with Crippen molar-refractivity contribution in [2.75, 3.05) is 26.6 Å². The summed E-state index contributed by atoms with van der Waals surface area (Å²) in [5.41, 5.74) is 4.38. The third kappa shape index (κ3) is 3.87. The number of hydrogen-bond acceptors (Lipinski definition) is 7. The van der Waals surface area contributed by atoms with Crippen LogP contribution in [0, 0.1) is 23.2 Å². The number of ether oxygens (including phenoxy) is 3. The molecule has 0 amide bonds. The van der Waals surface area contributed by atoms with E-state index in [0.29, 0.717) is 29.7 Å². The van der Waals surface area contributed by atoms with E-state index in [4.69, 9.17) is 19.2 Å². The van der Waals surface area contributed by atoms with E-state index in [1.807, 2.05) is 23.5 Å². The maximum absolute atomic E-state index is 10.3. The van der Waals surface area contributed by atoms with Crippen LogP contribution in [0.3, 0.4) is 0 Å². The Morgan fingerprint density at radius 2 is 1.73 bits per heavy atom. The highest BCUT2D eigenvalue weighted by Gasteiger charge is 2.58. The predicted molar refractivity (Wildman–Crippen MR) is 147 cm³/mol. The first-order chi connectivity index (χ1) is 17.8. The van der Waals surface area contributed by atoms with Crippen molar-refractivity contribution in [3.63, 3.8) is 0 Å². The Bertz CT molecular complexity index is 1200. The SMILES string of the molecule is COc1cc(CNc2nc3c(s2)CC2C4CC=C5C[C@@H](O)CC[C@]5(C)C4CC[C@]32C)cc(OC)c1OC. The number of methoxy groups -OCH3 is 3. The zero-order chi connectivity index (χ0) is 25.9. The second kappa shape index (κ2) is 9.19. The van der Waals surface area contributed by atoms with Gasteiger partial charge in [-0.25, -0.2) is 4.98 Å². The highest BCUT2D eigenvalue weighted by atomic mass is 32.1. The van der Waals surface area contributed by atoms with E-state index in [2.05, 4.69) is 25.2 Å². The van der Waals surface area contributed by atoms with E-state index >= 15 is 0 Å². The summed E-state index contributed by atoms with van der Waals surface area (Å²) >= 11 is 1.84. The first kappa shape index (κ1) is 25.1. The summed E-state index contributed by atoms with van der Waals surface area (Å²) in [5, 5.41) is 14.9. The molecule has 6 nitrogen and oxygen atoms in total. The normalized spacial score (nSPS) is 33.9. The molecular weight excluding hydrogens is 484 g/mol. The zero-order valence-corrected chi connectivity index (χ0v) is 23.5.